The summed E-state index contributed by atoms with van der Waals surface area (Å²) in [6.45, 7) is 0.954. The summed E-state index contributed by atoms with van der Waals surface area (Å²) in [6, 6.07) is 5.00. The Hall–Kier alpha value is -2.69. The van der Waals surface area contributed by atoms with Gasteiger partial charge in [0.25, 0.3) is 0 Å². The van der Waals surface area contributed by atoms with Gasteiger partial charge in [-0.1, -0.05) is 11.6 Å². The predicted octanol–water partition coefficient (Wildman–Crippen LogP) is 3.54. The maximum absolute atomic E-state index is 12.6. The first-order chi connectivity index (χ1) is 14.8. The van der Waals surface area contributed by atoms with Gasteiger partial charge < -0.3 is 14.4 Å². The molecule has 11 heteroatoms. The number of methoxy groups -OCH3 is 1. The number of fused-ring (bicyclic) bond motifs is 1. The van der Waals surface area contributed by atoms with Gasteiger partial charge in [-0.3, -0.25) is 9.69 Å². The molecule has 0 radical (unpaired) electrons. The minimum absolute atomic E-state index is 0.275. The second-order valence-electron chi connectivity index (χ2n) is 7.30. The predicted molar refractivity (Wildman–Crippen MR) is 120 cm³/mol. The molecule has 0 spiro atoms. The molecule has 3 heterocycles. The normalized spacial score (nSPS) is 16.3. The van der Waals surface area contributed by atoms with Crippen molar-refractivity contribution in [1.82, 2.24) is 19.7 Å². The van der Waals surface area contributed by atoms with Gasteiger partial charge in [-0.15, -0.1) is 5.10 Å². The van der Waals surface area contributed by atoms with Crippen LogP contribution < -0.4 is 9.64 Å². The average molecular weight is 509 g/mol. The topological polar surface area (TPSA) is 89.8 Å². The number of likely N-dealkylation sites (N-methyl/N-ethyl adjacent to an activating group) is 1. The van der Waals surface area contributed by atoms with Crippen molar-refractivity contribution in [3.63, 3.8) is 0 Å². The first-order valence-electron chi connectivity index (χ1n) is 9.32. The monoisotopic (exact) mass is 507 g/mol. The molecule has 2 aromatic heterocycles. The van der Waals surface area contributed by atoms with Crippen LogP contribution in [0.1, 0.15) is 10.4 Å². The zero-order valence-electron chi connectivity index (χ0n) is 17.0. The third kappa shape index (κ3) is 3.98. The maximum Gasteiger partial charge on any atom is 0.416 e. The Kier molecular flexibility index (Phi) is 5.87. The fraction of sp³-hybridized carbons (Fsp3) is 0.300. The van der Waals surface area contributed by atoms with Crippen LogP contribution in [0.3, 0.4) is 0 Å². The number of hydrogen-bond acceptors (Lipinski definition) is 7. The number of ether oxygens (including phenoxy) is 2. The minimum Gasteiger partial charge on any atom is -0.494 e. The first kappa shape index (κ1) is 21.5. The van der Waals surface area contributed by atoms with E-state index in [9.17, 15) is 9.59 Å². The van der Waals surface area contributed by atoms with Crippen molar-refractivity contribution in [2.45, 2.75) is 6.10 Å². The second kappa shape index (κ2) is 8.45. The van der Waals surface area contributed by atoms with E-state index in [4.69, 9.17) is 26.2 Å². The largest absolute Gasteiger partial charge is 0.494 e. The van der Waals surface area contributed by atoms with Crippen molar-refractivity contribution >= 4 is 56.6 Å². The first-order valence-corrected chi connectivity index (χ1v) is 10.5. The highest BCUT2D eigenvalue weighted by atomic mass is 79.9. The Morgan fingerprint density at radius 1 is 1.39 bits per heavy atom. The van der Waals surface area contributed by atoms with Crippen LogP contribution in [0.2, 0.25) is 5.15 Å². The van der Waals surface area contributed by atoms with Crippen molar-refractivity contribution in [1.29, 1.82) is 0 Å². The summed E-state index contributed by atoms with van der Waals surface area (Å²) >= 11 is 9.56. The van der Waals surface area contributed by atoms with Gasteiger partial charge in [0.05, 0.1) is 24.6 Å². The van der Waals surface area contributed by atoms with E-state index in [2.05, 4.69) is 20.9 Å². The van der Waals surface area contributed by atoms with Crippen LogP contribution in [0, 0.1) is 0 Å². The van der Waals surface area contributed by atoms with Crippen molar-refractivity contribution < 1.29 is 19.1 Å². The molecule has 3 aromatic rings. The molecule has 1 fully saturated rings. The van der Waals surface area contributed by atoms with Gasteiger partial charge >= 0.3 is 6.09 Å². The van der Waals surface area contributed by atoms with Gasteiger partial charge in [0.2, 0.25) is 0 Å². The molecule has 1 saturated heterocycles. The van der Waals surface area contributed by atoms with Crippen molar-refractivity contribution in [2.24, 2.45) is 0 Å². The standard InChI is InChI=1S/C20H19BrClN5O4/c1-25(2)8-12-9-26(20(29)31-12)19-13-7-23-18(22)6-15(13)27(24-19)16-5-14(21)11(10-28)4-17(16)30-3/h4-7,10,12H,8-9H2,1-3H3/t12-/m1/s1. The molecule has 1 aliphatic rings. The van der Waals surface area contributed by atoms with Gasteiger partial charge in [0, 0.05) is 28.8 Å². The van der Waals surface area contributed by atoms with E-state index in [0.29, 0.717) is 51.3 Å². The number of anilines is 1. The van der Waals surface area contributed by atoms with Gasteiger partial charge in [-0.2, -0.15) is 0 Å². The van der Waals surface area contributed by atoms with E-state index in [1.165, 1.54) is 12.0 Å². The molecule has 1 atom stereocenters. The fourth-order valence-electron chi connectivity index (χ4n) is 3.53. The molecular weight excluding hydrogens is 490 g/mol. The molecule has 0 aliphatic carbocycles. The Morgan fingerprint density at radius 3 is 2.84 bits per heavy atom. The zero-order valence-corrected chi connectivity index (χ0v) is 19.3. The molecule has 0 saturated carbocycles. The molecule has 1 aromatic carbocycles. The smallest absolute Gasteiger partial charge is 0.416 e. The molecule has 4 rings (SSSR count). The van der Waals surface area contributed by atoms with Crippen LogP contribution in [-0.4, -0.2) is 72.4 Å². The molecule has 162 valence electrons. The Balaban J connectivity index is 1.88. The zero-order chi connectivity index (χ0) is 22.3. The van der Waals surface area contributed by atoms with Crippen LogP contribution in [0.4, 0.5) is 10.6 Å². The summed E-state index contributed by atoms with van der Waals surface area (Å²) in [5, 5.41) is 5.60. The van der Waals surface area contributed by atoms with Gasteiger partial charge in [0.1, 0.15) is 22.7 Å². The van der Waals surface area contributed by atoms with Crippen molar-refractivity contribution in [2.75, 3.05) is 39.2 Å². The third-order valence-electron chi connectivity index (χ3n) is 4.86. The SMILES string of the molecule is COc1cc(C=O)c(Br)cc1-n1nc(N2C[C@@H](CN(C)C)OC2=O)c2cnc(Cl)cc21. The van der Waals surface area contributed by atoms with Crippen LogP contribution in [0.15, 0.2) is 28.9 Å². The molecular formula is C20H19BrClN5O4. The number of carbonyl (C=O) groups excluding carboxylic acids is 2. The lowest BCUT2D eigenvalue weighted by atomic mass is 10.2. The number of nitrogens with zero attached hydrogens (tertiary/aromatic N) is 5. The van der Waals surface area contributed by atoms with Gasteiger partial charge in [0.15, 0.2) is 12.1 Å². The maximum atomic E-state index is 12.6. The number of benzene rings is 1. The molecule has 0 unspecified atom stereocenters. The number of amides is 1. The summed E-state index contributed by atoms with van der Waals surface area (Å²) in [4.78, 5) is 31.5. The number of aldehydes is 1. The highest BCUT2D eigenvalue weighted by Crippen LogP contribution is 2.36. The van der Waals surface area contributed by atoms with Crippen molar-refractivity contribution in [3.8, 4) is 11.4 Å². The molecule has 31 heavy (non-hydrogen) atoms. The van der Waals surface area contributed by atoms with E-state index >= 15 is 0 Å². The fourth-order valence-corrected chi connectivity index (χ4v) is 4.10. The lowest BCUT2D eigenvalue weighted by molar-refractivity contribution is 0.112. The highest BCUT2D eigenvalue weighted by Gasteiger charge is 2.36. The molecule has 0 N–H and O–H groups in total. The highest BCUT2D eigenvalue weighted by molar-refractivity contribution is 9.10. The summed E-state index contributed by atoms with van der Waals surface area (Å²) in [6.07, 6.45) is 1.55. The van der Waals surface area contributed by atoms with Crippen LogP contribution >= 0.6 is 27.5 Å². The number of halogens is 2. The Morgan fingerprint density at radius 2 is 2.16 bits per heavy atom. The van der Waals surface area contributed by atoms with Crippen molar-refractivity contribution in [3.05, 3.63) is 39.6 Å². The quantitative estimate of drug-likeness (QED) is 0.372. The lowest BCUT2D eigenvalue weighted by Gasteiger charge is -2.14. The number of carbonyl (C=O) groups is 2. The van der Waals surface area contributed by atoms with E-state index in [-0.39, 0.29) is 11.3 Å². The average Bonchev–Trinajstić information content (AvgIpc) is 3.26. The molecule has 1 amide bonds. The van der Waals surface area contributed by atoms with Gasteiger partial charge in [-0.05, 0) is 42.2 Å². The Bertz CT molecular complexity index is 1180. The number of pyridine rings is 1. The van der Waals surface area contributed by atoms with E-state index < -0.39 is 6.09 Å². The Labute approximate surface area is 191 Å². The molecule has 9 nitrogen and oxygen atoms in total. The van der Waals surface area contributed by atoms with Gasteiger partial charge in [-0.25, -0.2) is 14.5 Å². The van der Waals surface area contributed by atoms with Crippen LogP contribution in [0.25, 0.3) is 16.6 Å². The summed E-state index contributed by atoms with van der Waals surface area (Å²) in [7, 11) is 5.34. The van der Waals surface area contributed by atoms with E-state index in [1.54, 1.807) is 29.1 Å². The molecule has 1 aliphatic heterocycles. The van der Waals surface area contributed by atoms with Crippen LogP contribution in [-0.2, 0) is 4.74 Å². The number of cyclic esters (lactones) is 1. The second-order valence-corrected chi connectivity index (χ2v) is 8.54. The summed E-state index contributed by atoms with van der Waals surface area (Å²) in [5.74, 6) is 0.840. The number of aromatic nitrogens is 3. The number of rotatable bonds is 6. The summed E-state index contributed by atoms with van der Waals surface area (Å²) in [5.41, 5.74) is 1.63. The van der Waals surface area contributed by atoms with E-state index in [1.807, 2.05) is 19.0 Å². The third-order valence-corrected chi connectivity index (χ3v) is 5.76. The van der Waals surface area contributed by atoms with E-state index in [0.717, 1.165) is 6.29 Å². The molecule has 0 bridgehead atoms. The minimum atomic E-state index is -0.474. The van der Waals surface area contributed by atoms with Crippen LogP contribution in [0.5, 0.6) is 5.75 Å². The lowest BCUT2D eigenvalue weighted by Crippen LogP contribution is -2.30. The number of hydrogen-bond donors (Lipinski definition) is 0. The summed E-state index contributed by atoms with van der Waals surface area (Å²) < 4.78 is 13.2.